The Hall–Kier alpha value is -2.66. The van der Waals surface area contributed by atoms with Gasteiger partial charge in [-0.3, -0.25) is 9.36 Å². The number of hydrogen-bond donors (Lipinski definition) is 1. The molecule has 0 unspecified atom stereocenters. The predicted octanol–water partition coefficient (Wildman–Crippen LogP) is 3.05. The van der Waals surface area contributed by atoms with Crippen molar-refractivity contribution in [3.8, 4) is 5.69 Å². The number of carbonyl (C=O) groups is 1. The topological polar surface area (TPSA) is 72.2 Å². The van der Waals surface area contributed by atoms with E-state index in [1.807, 2.05) is 0 Å². The fourth-order valence-corrected chi connectivity index (χ4v) is 2.55. The maximum Gasteiger partial charge on any atom is 0.335 e. The van der Waals surface area contributed by atoms with E-state index in [2.05, 4.69) is 4.98 Å². The van der Waals surface area contributed by atoms with Crippen LogP contribution in [0.4, 0.5) is 0 Å². The van der Waals surface area contributed by atoms with E-state index in [4.69, 9.17) is 16.7 Å². The Morgan fingerprint density at radius 2 is 1.86 bits per heavy atom. The number of benzene rings is 2. The van der Waals surface area contributed by atoms with Crippen LogP contribution in [-0.2, 0) is 0 Å². The summed E-state index contributed by atoms with van der Waals surface area (Å²) in [7, 11) is 0. The van der Waals surface area contributed by atoms with Gasteiger partial charge in [0, 0.05) is 0 Å². The molecule has 110 valence electrons. The van der Waals surface area contributed by atoms with Crippen LogP contribution < -0.4 is 5.56 Å². The second-order valence-corrected chi connectivity index (χ2v) is 5.19. The summed E-state index contributed by atoms with van der Waals surface area (Å²) in [5.41, 5.74) is 0.936. The lowest BCUT2D eigenvalue weighted by molar-refractivity contribution is 0.0697. The first-order valence-electron chi connectivity index (χ1n) is 6.50. The van der Waals surface area contributed by atoms with Crippen LogP contribution in [0.25, 0.3) is 16.6 Å². The van der Waals surface area contributed by atoms with E-state index in [0.717, 1.165) is 0 Å². The van der Waals surface area contributed by atoms with Gasteiger partial charge >= 0.3 is 5.97 Å². The third-order valence-corrected chi connectivity index (χ3v) is 3.69. The maximum atomic E-state index is 12.7. The minimum absolute atomic E-state index is 0.159. The molecule has 0 aliphatic heterocycles. The quantitative estimate of drug-likeness (QED) is 0.789. The van der Waals surface area contributed by atoms with E-state index in [1.165, 1.54) is 16.7 Å². The van der Waals surface area contributed by atoms with Gasteiger partial charge in [0.05, 0.1) is 27.2 Å². The van der Waals surface area contributed by atoms with Gasteiger partial charge in [0.1, 0.15) is 5.82 Å². The van der Waals surface area contributed by atoms with Crippen LogP contribution in [0.1, 0.15) is 16.2 Å². The Morgan fingerprint density at radius 1 is 1.18 bits per heavy atom. The molecule has 0 aliphatic rings. The first-order chi connectivity index (χ1) is 10.5. The number of nitrogens with zero attached hydrogens (tertiary/aromatic N) is 2. The molecule has 0 spiro atoms. The monoisotopic (exact) mass is 314 g/mol. The molecule has 3 aromatic rings. The molecule has 0 atom stereocenters. The molecular formula is C16H11ClN2O3. The minimum Gasteiger partial charge on any atom is -0.478 e. The van der Waals surface area contributed by atoms with E-state index in [-0.39, 0.29) is 11.1 Å². The molecular weight excluding hydrogens is 304 g/mol. The highest BCUT2D eigenvalue weighted by Gasteiger charge is 2.12. The number of carboxylic acids is 1. The normalized spacial score (nSPS) is 10.8. The zero-order valence-electron chi connectivity index (χ0n) is 11.6. The average molecular weight is 315 g/mol. The molecule has 5 nitrogen and oxygen atoms in total. The second kappa shape index (κ2) is 5.27. The Bertz CT molecular complexity index is 946. The largest absolute Gasteiger partial charge is 0.478 e. The molecule has 1 heterocycles. The predicted molar refractivity (Wildman–Crippen MR) is 84.0 cm³/mol. The van der Waals surface area contributed by atoms with E-state index in [1.54, 1.807) is 37.3 Å². The minimum atomic E-state index is -1.01. The highest BCUT2D eigenvalue weighted by Crippen LogP contribution is 2.20. The molecule has 0 radical (unpaired) electrons. The van der Waals surface area contributed by atoms with E-state index in [0.29, 0.717) is 27.4 Å². The Balaban J connectivity index is 2.27. The lowest BCUT2D eigenvalue weighted by atomic mass is 10.2. The SMILES string of the molecule is Cc1nc2c(Cl)cccc2c(=O)n1-c1ccc(C(=O)O)cc1. The second-order valence-electron chi connectivity index (χ2n) is 4.79. The summed E-state index contributed by atoms with van der Waals surface area (Å²) in [5, 5.41) is 9.77. The van der Waals surface area contributed by atoms with Gasteiger partial charge in [-0.05, 0) is 43.3 Å². The van der Waals surface area contributed by atoms with E-state index >= 15 is 0 Å². The van der Waals surface area contributed by atoms with Crippen molar-refractivity contribution in [3.05, 3.63) is 69.2 Å². The van der Waals surface area contributed by atoms with Crippen LogP contribution in [0.3, 0.4) is 0 Å². The van der Waals surface area contributed by atoms with Crippen LogP contribution in [-0.4, -0.2) is 20.6 Å². The van der Waals surface area contributed by atoms with Gasteiger partial charge in [0.2, 0.25) is 0 Å². The van der Waals surface area contributed by atoms with Crippen LogP contribution >= 0.6 is 11.6 Å². The molecule has 2 aromatic carbocycles. The molecule has 1 N–H and O–H groups in total. The smallest absolute Gasteiger partial charge is 0.335 e. The molecule has 0 bridgehead atoms. The van der Waals surface area contributed by atoms with Crippen molar-refractivity contribution >= 4 is 28.5 Å². The molecule has 22 heavy (non-hydrogen) atoms. The first-order valence-corrected chi connectivity index (χ1v) is 6.88. The molecule has 0 saturated heterocycles. The third kappa shape index (κ3) is 2.25. The number of fused-ring (bicyclic) bond motifs is 1. The number of aromatic carboxylic acids is 1. The summed E-state index contributed by atoms with van der Waals surface area (Å²) >= 11 is 6.08. The summed E-state index contributed by atoms with van der Waals surface area (Å²) < 4.78 is 1.43. The summed E-state index contributed by atoms with van der Waals surface area (Å²) in [4.78, 5) is 28.0. The molecule has 0 aliphatic carbocycles. The summed E-state index contributed by atoms with van der Waals surface area (Å²) in [5.74, 6) is -0.535. The molecule has 3 rings (SSSR count). The number of aryl methyl sites for hydroxylation is 1. The van der Waals surface area contributed by atoms with Crippen molar-refractivity contribution in [2.75, 3.05) is 0 Å². The summed E-state index contributed by atoms with van der Waals surface area (Å²) in [6.07, 6.45) is 0. The number of rotatable bonds is 2. The van der Waals surface area contributed by atoms with Gasteiger partial charge in [0.25, 0.3) is 5.56 Å². The standard InChI is InChI=1S/C16H11ClN2O3/c1-9-18-14-12(3-2-4-13(14)17)15(20)19(9)11-7-5-10(6-8-11)16(21)22/h2-8H,1H3,(H,21,22). The Kier molecular flexibility index (Phi) is 3.42. The zero-order chi connectivity index (χ0) is 15.9. The lowest BCUT2D eigenvalue weighted by Crippen LogP contribution is -2.22. The lowest BCUT2D eigenvalue weighted by Gasteiger charge is -2.11. The van der Waals surface area contributed by atoms with Gasteiger partial charge in [-0.2, -0.15) is 0 Å². The van der Waals surface area contributed by atoms with Crippen LogP contribution in [0.15, 0.2) is 47.3 Å². The molecule has 1 aromatic heterocycles. The fraction of sp³-hybridized carbons (Fsp3) is 0.0625. The highest BCUT2D eigenvalue weighted by molar-refractivity contribution is 6.34. The first kappa shape index (κ1) is 14.3. The van der Waals surface area contributed by atoms with Gasteiger partial charge in [-0.1, -0.05) is 17.7 Å². The van der Waals surface area contributed by atoms with Crippen molar-refractivity contribution in [2.45, 2.75) is 6.92 Å². The van der Waals surface area contributed by atoms with Crippen molar-refractivity contribution in [1.29, 1.82) is 0 Å². The molecule has 0 amide bonds. The van der Waals surface area contributed by atoms with Gasteiger partial charge < -0.3 is 5.11 Å². The Labute approximate surface area is 130 Å². The number of hydrogen-bond acceptors (Lipinski definition) is 3. The summed E-state index contributed by atoms with van der Waals surface area (Å²) in [6.45, 7) is 1.70. The van der Waals surface area contributed by atoms with Gasteiger partial charge in [-0.15, -0.1) is 0 Å². The van der Waals surface area contributed by atoms with Crippen molar-refractivity contribution in [2.24, 2.45) is 0 Å². The highest BCUT2D eigenvalue weighted by atomic mass is 35.5. The van der Waals surface area contributed by atoms with Crippen molar-refractivity contribution < 1.29 is 9.90 Å². The fourth-order valence-electron chi connectivity index (χ4n) is 2.34. The van der Waals surface area contributed by atoms with Crippen LogP contribution in [0, 0.1) is 6.92 Å². The molecule has 0 saturated carbocycles. The average Bonchev–Trinajstić information content (AvgIpc) is 2.49. The molecule has 0 fully saturated rings. The zero-order valence-corrected chi connectivity index (χ0v) is 12.3. The summed E-state index contributed by atoms with van der Waals surface area (Å²) in [6, 6.07) is 11.1. The number of carboxylic acid groups (broad SMARTS) is 1. The molecule has 6 heteroatoms. The Morgan fingerprint density at radius 3 is 2.50 bits per heavy atom. The number of aromatic nitrogens is 2. The van der Waals surface area contributed by atoms with Gasteiger partial charge in [-0.25, -0.2) is 9.78 Å². The van der Waals surface area contributed by atoms with Crippen molar-refractivity contribution in [3.63, 3.8) is 0 Å². The van der Waals surface area contributed by atoms with Crippen molar-refractivity contribution in [1.82, 2.24) is 9.55 Å². The number of halogens is 1. The number of para-hydroxylation sites is 1. The van der Waals surface area contributed by atoms with E-state index in [9.17, 15) is 9.59 Å². The van der Waals surface area contributed by atoms with Crippen LogP contribution in [0.5, 0.6) is 0 Å². The maximum absolute atomic E-state index is 12.7. The van der Waals surface area contributed by atoms with E-state index < -0.39 is 5.97 Å². The van der Waals surface area contributed by atoms with Gasteiger partial charge in [0.15, 0.2) is 0 Å². The van der Waals surface area contributed by atoms with Crippen LogP contribution in [0.2, 0.25) is 5.02 Å². The third-order valence-electron chi connectivity index (χ3n) is 3.39.